The number of hydrogen-bond acceptors (Lipinski definition) is 5. The van der Waals surface area contributed by atoms with Crippen LogP contribution in [0.3, 0.4) is 0 Å². The highest BCUT2D eigenvalue weighted by Gasteiger charge is 2.25. The molecule has 2 rings (SSSR count). The number of aryl methyl sites for hydroxylation is 2. The van der Waals surface area contributed by atoms with Crippen LogP contribution in [-0.2, 0) is 16.6 Å². The lowest BCUT2D eigenvalue weighted by molar-refractivity contribution is 0.457. The Labute approximate surface area is 104 Å². The second-order valence-electron chi connectivity index (χ2n) is 3.96. The molecule has 2 heterocycles. The molecule has 0 aliphatic heterocycles. The molecule has 0 unspecified atom stereocenters. The summed E-state index contributed by atoms with van der Waals surface area (Å²) in [6.07, 6.45) is 1.30. The Balaban J connectivity index is 2.23. The maximum absolute atomic E-state index is 12.2. The first kappa shape index (κ1) is 12.7. The van der Waals surface area contributed by atoms with Gasteiger partial charge in [-0.15, -0.1) is 0 Å². The molecular weight excluding hydrogens is 256 g/mol. The lowest BCUT2D eigenvalue weighted by atomic mass is 10.5. The van der Waals surface area contributed by atoms with Crippen molar-refractivity contribution >= 4 is 10.0 Å². The van der Waals surface area contributed by atoms with E-state index < -0.39 is 10.0 Å². The maximum Gasteiger partial charge on any atom is 0.246 e. The van der Waals surface area contributed by atoms with Crippen LogP contribution in [0.1, 0.15) is 17.3 Å². The lowest BCUT2D eigenvalue weighted by Gasteiger charge is -2.14. The summed E-state index contributed by atoms with van der Waals surface area (Å²) in [6.45, 7) is 3.52. The fourth-order valence-corrected chi connectivity index (χ4v) is 2.75. The van der Waals surface area contributed by atoms with E-state index in [1.165, 1.54) is 17.5 Å². The number of hydrogen-bond donors (Lipinski definition) is 2. The Bertz CT molecular complexity index is 644. The van der Waals surface area contributed by atoms with Crippen LogP contribution in [0.4, 0.5) is 0 Å². The van der Waals surface area contributed by atoms with Crippen molar-refractivity contribution in [3.05, 3.63) is 23.5 Å². The van der Waals surface area contributed by atoms with Gasteiger partial charge in [0.15, 0.2) is 5.82 Å². The Morgan fingerprint density at radius 1 is 1.33 bits per heavy atom. The molecule has 0 bridgehead atoms. The van der Waals surface area contributed by atoms with Gasteiger partial charge >= 0.3 is 0 Å². The molecule has 2 N–H and O–H groups in total. The monoisotopic (exact) mass is 270 g/mol. The molecule has 98 valence electrons. The number of rotatable bonds is 4. The number of aromatic nitrogens is 5. The average Bonchev–Trinajstić information content (AvgIpc) is 2.87. The second kappa shape index (κ2) is 4.50. The highest BCUT2D eigenvalue weighted by molar-refractivity contribution is 7.89. The van der Waals surface area contributed by atoms with Crippen LogP contribution in [0.25, 0.3) is 0 Å². The van der Waals surface area contributed by atoms with E-state index in [-0.39, 0.29) is 11.4 Å². The van der Waals surface area contributed by atoms with Gasteiger partial charge in [0.05, 0.1) is 18.4 Å². The molecule has 0 saturated heterocycles. The Hall–Kier alpha value is -1.74. The van der Waals surface area contributed by atoms with E-state index in [1.807, 2.05) is 0 Å². The normalized spacial score (nSPS) is 12.2. The van der Waals surface area contributed by atoms with Crippen molar-refractivity contribution in [1.82, 2.24) is 29.7 Å². The highest BCUT2D eigenvalue weighted by Crippen LogP contribution is 2.17. The maximum atomic E-state index is 12.2. The number of nitrogens with zero attached hydrogens (tertiary/aromatic N) is 4. The van der Waals surface area contributed by atoms with Gasteiger partial charge in [-0.05, 0) is 13.8 Å². The van der Waals surface area contributed by atoms with E-state index in [4.69, 9.17) is 0 Å². The summed E-state index contributed by atoms with van der Waals surface area (Å²) < 4.78 is 25.6. The molecule has 2 aromatic rings. The van der Waals surface area contributed by atoms with Gasteiger partial charge in [0.25, 0.3) is 0 Å². The third kappa shape index (κ3) is 2.27. The first-order valence-corrected chi connectivity index (χ1v) is 6.69. The molecule has 0 radical (unpaired) electrons. The molecular formula is C9H14N6O2S. The number of aromatic amines is 2. The zero-order valence-corrected chi connectivity index (χ0v) is 11.1. The number of H-pyrrole nitrogens is 2. The fraction of sp³-hybridized carbons (Fsp3) is 0.444. The summed E-state index contributed by atoms with van der Waals surface area (Å²) in [5.41, 5.74) is 0.507. The smallest absolute Gasteiger partial charge is 0.246 e. The van der Waals surface area contributed by atoms with Gasteiger partial charge in [-0.2, -0.15) is 14.5 Å². The van der Waals surface area contributed by atoms with E-state index >= 15 is 0 Å². The Morgan fingerprint density at radius 3 is 2.56 bits per heavy atom. The fourth-order valence-electron chi connectivity index (χ4n) is 1.51. The topological polar surface area (TPSA) is 108 Å². The summed E-state index contributed by atoms with van der Waals surface area (Å²) in [5, 5.41) is 12.9. The summed E-state index contributed by atoms with van der Waals surface area (Å²) >= 11 is 0. The van der Waals surface area contributed by atoms with Crippen LogP contribution in [0.5, 0.6) is 0 Å². The molecule has 0 fully saturated rings. The van der Waals surface area contributed by atoms with Crippen molar-refractivity contribution in [2.45, 2.75) is 25.3 Å². The third-order valence-corrected chi connectivity index (χ3v) is 4.40. The van der Waals surface area contributed by atoms with Gasteiger partial charge in [0.1, 0.15) is 10.7 Å². The summed E-state index contributed by atoms with van der Waals surface area (Å²) in [5.74, 6) is 1.08. The van der Waals surface area contributed by atoms with Crippen LogP contribution in [0.15, 0.2) is 11.1 Å². The van der Waals surface area contributed by atoms with Crippen LogP contribution < -0.4 is 0 Å². The predicted molar refractivity (Wildman–Crippen MR) is 63.1 cm³/mol. The summed E-state index contributed by atoms with van der Waals surface area (Å²) in [4.78, 5) is 4.24. The van der Waals surface area contributed by atoms with Crippen molar-refractivity contribution in [2.75, 3.05) is 7.05 Å². The highest BCUT2D eigenvalue weighted by atomic mass is 32.2. The van der Waals surface area contributed by atoms with E-state index in [1.54, 1.807) is 13.8 Å². The molecule has 0 saturated carbocycles. The van der Waals surface area contributed by atoms with Crippen LogP contribution in [0.2, 0.25) is 0 Å². The van der Waals surface area contributed by atoms with Gasteiger partial charge in [-0.1, -0.05) is 0 Å². The summed E-state index contributed by atoms with van der Waals surface area (Å²) in [6, 6.07) is 0. The molecule has 2 aromatic heterocycles. The van der Waals surface area contributed by atoms with Crippen LogP contribution in [0, 0.1) is 13.8 Å². The minimum absolute atomic E-state index is 0.108. The van der Waals surface area contributed by atoms with E-state index in [0.29, 0.717) is 17.3 Å². The minimum Gasteiger partial charge on any atom is -0.281 e. The third-order valence-electron chi connectivity index (χ3n) is 2.48. The predicted octanol–water partition coefficient (Wildman–Crippen LogP) is -0.0347. The first-order chi connectivity index (χ1) is 8.41. The zero-order valence-electron chi connectivity index (χ0n) is 10.3. The molecule has 8 nitrogen and oxygen atoms in total. The Kier molecular flexibility index (Phi) is 3.18. The van der Waals surface area contributed by atoms with Crippen molar-refractivity contribution in [1.29, 1.82) is 0 Å². The van der Waals surface area contributed by atoms with Gasteiger partial charge in [0.2, 0.25) is 10.0 Å². The minimum atomic E-state index is -3.57. The van der Waals surface area contributed by atoms with Gasteiger partial charge < -0.3 is 0 Å². The second-order valence-corrected chi connectivity index (χ2v) is 5.97. The van der Waals surface area contributed by atoms with E-state index in [0.717, 1.165) is 0 Å². The largest absolute Gasteiger partial charge is 0.281 e. The van der Waals surface area contributed by atoms with Gasteiger partial charge in [-0.25, -0.2) is 13.4 Å². The van der Waals surface area contributed by atoms with Gasteiger partial charge in [-0.3, -0.25) is 10.2 Å². The van der Waals surface area contributed by atoms with Crippen molar-refractivity contribution < 1.29 is 8.42 Å². The van der Waals surface area contributed by atoms with Crippen LogP contribution in [-0.4, -0.2) is 45.1 Å². The quantitative estimate of drug-likeness (QED) is 0.810. The standard InChI is InChI=1S/C9H14N6O2S/c1-6-8(4-10-12-6)18(16,17)15(3)5-9-11-7(2)13-14-9/h4H,5H2,1-3H3,(H,10,12)(H,11,13,14). The lowest BCUT2D eigenvalue weighted by Crippen LogP contribution is -2.27. The van der Waals surface area contributed by atoms with Gasteiger partial charge in [0, 0.05) is 7.05 Å². The number of nitrogens with one attached hydrogen (secondary N) is 2. The molecule has 0 aliphatic carbocycles. The number of sulfonamides is 1. The molecule has 18 heavy (non-hydrogen) atoms. The Morgan fingerprint density at radius 2 is 2.06 bits per heavy atom. The molecule has 0 amide bonds. The van der Waals surface area contributed by atoms with Crippen molar-refractivity contribution in [3.8, 4) is 0 Å². The average molecular weight is 270 g/mol. The van der Waals surface area contributed by atoms with Crippen LogP contribution >= 0.6 is 0 Å². The zero-order chi connectivity index (χ0) is 13.3. The molecule has 9 heteroatoms. The molecule has 0 aromatic carbocycles. The molecule has 0 aliphatic rings. The van der Waals surface area contributed by atoms with E-state index in [2.05, 4.69) is 25.4 Å². The van der Waals surface area contributed by atoms with Crippen molar-refractivity contribution in [2.24, 2.45) is 0 Å². The first-order valence-electron chi connectivity index (χ1n) is 5.25. The molecule has 0 spiro atoms. The summed E-state index contributed by atoms with van der Waals surface area (Å²) in [7, 11) is -2.09. The van der Waals surface area contributed by atoms with Crippen molar-refractivity contribution in [3.63, 3.8) is 0 Å². The van der Waals surface area contributed by atoms with E-state index in [9.17, 15) is 8.42 Å². The molecule has 0 atom stereocenters. The SMILES string of the molecule is Cc1nc(CN(C)S(=O)(=O)c2cn[nH]c2C)n[nH]1.